The number of hydrogen-bond donors (Lipinski definition) is 2. The van der Waals surface area contributed by atoms with E-state index < -0.39 is 15.9 Å². The van der Waals surface area contributed by atoms with E-state index in [0.29, 0.717) is 36.9 Å². The van der Waals surface area contributed by atoms with Gasteiger partial charge in [0.15, 0.2) is 0 Å². The van der Waals surface area contributed by atoms with Crippen LogP contribution in [0, 0.1) is 12.3 Å². The summed E-state index contributed by atoms with van der Waals surface area (Å²) < 4.78 is 52.9. The van der Waals surface area contributed by atoms with Gasteiger partial charge in [0.2, 0.25) is 0 Å². The minimum Gasteiger partial charge on any atom is -0.491 e. The fourth-order valence-corrected chi connectivity index (χ4v) is 9.28. The van der Waals surface area contributed by atoms with Crippen LogP contribution in [0.1, 0.15) is 54.6 Å². The third-order valence-corrected chi connectivity index (χ3v) is 13.1. The van der Waals surface area contributed by atoms with E-state index in [0.717, 1.165) is 73.6 Å². The summed E-state index contributed by atoms with van der Waals surface area (Å²) in [6.45, 7) is 12.5. The summed E-state index contributed by atoms with van der Waals surface area (Å²) in [5.41, 5.74) is 6.98. The monoisotopic (exact) mass is 838 g/mol. The third kappa shape index (κ3) is 9.80. The van der Waals surface area contributed by atoms with Crippen LogP contribution in [0.2, 0.25) is 5.02 Å². The number of halogens is 1. The molecule has 310 valence electrons. The number of aryl methyl sites for hydroxylation is 1. The molecule has 1 amide bonds. The number of rotatable bonds is 12. The van der Waals surface area contributed by atoms with Crippen LogP contribution in [0.4, 0.5) is 5.69 Å². The fourth-order valence-electron chi connectivity index (χ4n) is 8.10. The number of nitrogens with zero attached hydrogens (tertiary/aromatic N) is 2. The van der Waals surface area contributed by atoms with Crippen molar-refractivity contribution in [2.45, 2.75) is 51.0 Å². The van der Waals surface area contributed by atoms with Crippen molar-refractivity contribution in [1.82, 2.24) is 14.6 Å². The van der Waals surface area contributed by atoms with Gasteiger partial charge in [-0.05, 0) is 115 Å². The minimum absolute atomic E-state index is 0.0594. The Hall–Kier alpha value is -4.85. The summed E-state index contributed by atoms with van der Waals surface area (Å²) in [5, 5.41) is 1.69. The van der Waals surface area contributed by atoms with Crippen LogP contribution >= 0.6 is 11.6 Å². The molecule has 2 fully saturated rings. The molecule has 13 heteroatoms. The smallest absolute Gasteiger partial charge is 0.268 e. The van der Waals surface area contributed by atoms with E-state index in [2.05, 4.69) is 45.5 Å². The molecule has 0 saturated carbocycles. The zero-order valence-electron chi connectivity index (χ0n) is 33.8. The molecule has 1 aromatic heterocycles. The Balaban J connectivity index is 0.986. The predicted octanol–water partition coefficient (Wildman–Crippen LogP) is 8.62. The first-order valence-corrected chi connectivity index (χ1v) is 22.1. The predicted molar refractivity (Wildman–Crippen MR) is 231 cm³/mol. The van der Waals surface area contributed by atoms with Gasteiger partial charge < -0.3 is 28.8 Å². The summed E-state index contributed by atoms with van der Waals surface area (Å²) in [7, 11) is -4.26. The number of carbonyl (C=O) groups excluding carboxylic acids is 1. The van der Waals surface area contributed by atoms with Crippen molar-refractivity contribution in [3.8, 4) is 17.2 Å². The Morgan fingerprint density at radius 1 is 0.949 bits per heavy atom. The SMILES string of the molecule is Cc1cc(S(=O)(=O)NC(=O)c2ccc(N3CCN(CC4=C(c5ccc(Cl)cc5)CC(C)(C)CC4)CC3)cc2Oc2ccc3[nH]ccc3c2)ccc1OC[C@@H]1COCCO1. The summed E-state index contributed by atoms with van der Waals surface area (Å²) in [6.07, 6.45) is 4.93. The van der Waals surface area contributed by atoms with Gasteiger partial charge in [-0.1, -0.05) is 43.2 Å². The molecule has 2 saturated heterocycles. The van der Waals surface area contributed by atoms with E-state index in [1.165, 1.54) is 28.8 Å². The summed E-state index contributed by atoms with van der Waals surface area (Å²) in [5.74, 6) is 0.498. The maximum Gasteiger partial charge on any atom is 0.268 e. The van der Waals surface area contributed by atoms with E-state index in [-0.39, 0.29) is 34.3 Å². The number of nitrogens with one attached hydrogen (secondary N) is 2. The highest BCUT2D eigenvalue weighted by Crippen LogP contribution is 2.43. The average molecular weight is 839 g/mol. The quantitative estimate of drug-likeness (QED) is 0.127. The van der Waals surface area contributed by atoms with Crippen molar-refractivity contribution in [2.24, 2.45) is 5.41 Å². The average Bonchev–Trinajstić information content (AvgIpc) is 3.70. The molecule has 3 heterocycles. The first kappa shape index (κ1) is 40.9. The Bertz CT molecular complexity index is 2450. The van der Waals surface area contributed by atoms with E-state index in [4.69, 9.17) is 30.5 Å². The summed E-state index contributed by atoms with van der Waals surface area (Å²) >= 11 is 6.25. The first-order valence-electron chi connectivity index (χ1n) is 20.2. The number of allylic oxidation sites excluding steroid dienone is 1. The second-order valence-electron chi connectivity index (χ2n) is 16.4. The number of ether oxygens (including phenoxy) is 4. The molecule has 0 bridgehead atoms. The Labute approximate surface area is 351 Å². The summed E-state index contributed by atoms with van der Waals surface area (Å²) in [4.78, 5) is 21.8. The summed E-state index contributed by atoms with van der Waals surface area (Å²) in [6, 6.07) is 25.6. The molecule has 3 aliphatic rings. The van der Waals surface area contributed by atoms with Crippen LogP contribution in [0.25, 0.3) is 16.5 Å². The van der Waals surface area contributed by atoms with Crippen LogP contribution in [-0.2, 0) is 19.5 Å². The van der Waals surface area contributed by atoms with Crippen LogP contribution in [-0.4, -0.2) is 89.5 Å². The van der Waals surface area contributed by atoms with Crippen molar-refractivity contribution in [1.29, 1.82) is 0 Å². The normalized spacial score (nSPS) is 18.8. The first-order chi connectivity index (χ1) is 28.4. The third-order valence-electron chi connectivity index (χ3n) is 11.5. The number of carbonyl (C=O) groups is 1. The van der Waals surface area contributed by atoms with E-state index >= 15 is 0 Å². The highest BCUT2D eigenvalue weighted by Gasteiger charge is 2.30. The number of H-pyrrole nitrogens is 1. The standard InChI is InChI=1S/C46H51ClN4O7S/c1-31-24-39(10-13-43(31)57-30-38-29-55-22-23-56-38)59(53,54)49-45(52)40-11-8-36(26-44(40)58-37-9-12-42-33(25-37)15-17-48-42)51-20-18-50(19-21-51)28-34-14-16-46(2,3)27-41(34)32-4-6-35(47)7-5-32/h4-13,15,17,24-26,38,48H,14,16,18-23,27-30H2,1-3H3,(H,49,52)/t38-/m0/s1. The largest absolute Gasteiger partial charge is 0.491 e. The lowest BCUT2D eigenvalue weighted by Crippen LogP contribution is -2.47. The second kappa shape index (κ2) is 17.4. The van der Waals surface area contributed by atoms with Crippen molar-refractivity contribution < 1.29 is 32.2 Å². The van der Waals surface area contributed by atoms with Gasteiger partial charge in [0.05, 0.1) is 30.3 Å². The molecule has 5 aromatic rings. The molecule has 0 unspecified atom stereocenters. The number of aromatic amines is 1. The van der Waals surface area contributed by atoms with Gasteiger partial charge in [-0.25, -0.2) is 13.1 Å². The highest BCUT2D eigenvalue weighted by molar-refractivity contribution is 7.90. The van der Waals surface area contributed by atoms with Gasteiger partial charge in [-0.2, -0.15) is 0 Å². The molecule has 1 atom stereocenters. The molecule has 0 radical (unpaired) electrons. The molecule has 11 nitrogen and oxygen atoms in total. The van der Waals surface area contributed by atoms with Crippen LogP contribution in [0.3, 0.4) is 0 Å². The van der Waals surface area contributed by atoms with E-state index in [9.17, 15) is 13.2 Å². The van der Waals surface area contributed by atoms with Gasteiger partial charge in [0.1, 0.15) is 30.0 Å². The minimum atomic E-state index is -4.26. The lowest BCUT2D eigenvalue weighted by Gasteiger charge is -2.39. The molecule has 4 aromatic carbocycles. The molecule has 59 heavy (non-hydrogen) atoms. The van der Waals surface area contributed by atoms with Gasteiger partial charge in [-0.15, -0.1) is 0 Å². The number of hydrogen-bond acceptors (Lipinski definition) is 9. The van der Waals surface area contributed by atoms with Crippen molar-refractivity contribution >= 4 is 49.7 Å². The number of fused-ring (bicyclic) bond motifs is 1. The Kier molecular flexibility index (Phi) is 12.1. The molecule has 2 N–H and O–H groups in total. The number of piperazine rings is 1. The highest BCUT2D eigenvalue weighted by atomic mass is 35.5. The molecule has 0 spiro atoms. The lowest BCUT2D eigenvalue weighted by molar-refractivity contribution is -0.101. The Morgan fingerprint density at radius 2 is 1.76 bits per heavy atom. The zero-order chi connectivity index (χ0) is 41.1. The van der Waals surface area contributed by atoms with Crippen LogP contribution in [0.15, 0.2) is 102 Å². The second-order valence-corrected chi connectivity index (χ2v) is 18.6. The van der Waals surface area contributed by atoms with E-state index in [1.54, 1.807) is 19.1 Å². The zero-order valence-corrected chi connectivity index (χ0v) is 35.3. The molecular weight excluding hydrogens is 788 g/mol. The molecule has 8 rings (SSSR count). The van der Waals surface area contributed by atoms with Gasteiger partial charge in [0.25, 0.3) is 15.9 Å². The van der Waals surface area contributed by atoms with Crippen molar-refractivity contribution in [3.63, 3.8) is 0 Å². The maximum atomic E-state index is 13.9. The van der Waals surface area contributed by atoms with Crippen LogP contribution < -0.4 is 19.1 Å². The Morgan fingerprint density at radius 3 is 2.53 bits per heavy atom. The number of anilines is 1. The van der Waals surface area contributed by atoms with Crippen molar-refractivity contribution in [3.05, 3.63) is 118 Å². The van der Waals surface area contributed by atoms with Gasteiger partial charge in [0, 0.05) is 66.6 Å². The number of benzene rings is 4. The topological polar surface area (TPSA) is 122 Å². The molecule has 1 aliphatic carbocycles. The number of aromatic nitrogens is 1. The van der Waals surface area contributed by atoms with Crippen LogP contribution in [0.5, 0.6) is 17.2 Å². The number of sulfonamides is 1. The molecular formula is C46H51ClN4O7S. The van der Waals surface area contributed by atoms with Gasteiger partial charge >= 0.3 is 0 Å². The lowest BCUT2D eigenvalue weighted by atomic mass is 9.72. The van der Waals surface area contributed by atoms with Gasteiger partial charge in [-0.3, -0.25) is 9.69 Å². The fraction of sp³-hybridized carbons (Fsp3) is 0.370. The number of amides is 1. The molecule has 2 aliphatic heterocycles. The van der Waals surface area contributed by atoms with Crippen molar-refractivity contribution in [2.75, 3.05) is 64.1 Å². The maximum absolute atomic E-state index is 13.9. The van der Waals surface area contributed by atoms with E-state index in [1.807, 2.05) is 54.7 Å².